The van der Waals surface area contributed by atoms with E-state index in [1.165, 1.54) is 0 Å². The number of carboxylic acids is 1. The summed E-state index contributed by atoms with van der Waals surface area (Å²) in [5.74, 6) is -1.27. The van der Waals surface area contributed by atoms with E-state index in [-0.39, 0.29) is 29.1 Å². The summed E-state index contributed by atoms with van der Waals surface area (Å²) in [5, 5.41) is 29.6. The molecule has 1 aromatic heterocycles. The molecule has 146 valence electrons. The fourth-order valence-corrected chi connectivity index (χ4v) is 5.47. The first kappa shape index (κ1) is 17.4. The Bertz CT molecular complexity index is 1020. The van der Waals surface area contributed by atoms with Crippen molar-refractivity contribution in [3.05, 3.63) is 63.2 Å². The highest BCUT2D eigenvalue weighted by molar-refractivity contribution is 5.76. The highest BCUT2D eigenvalue weighted by Crippen LogP contribution is 2.47. The molecule has 8 heteroatoms. The Balaban J connectivity index is 1.63. The number of nitrogens with one attached hydrogen (secondary N) is 1. The van der Waals surface area contributed by atoms with Gasteiger partial charge in [-0.05, 0) is 36.5 Å². The summed E-state index contributed by atoms with van der Waals surface area (Å²) in [4.78, 5) is 26.6. The number of quaternary nitrogens is 1. The van der Waals surface area contributed by atoms with Crippen molar-refractivity contribution < 1.29 is 20.3 Å². The first-order chi connectivity index (χ1) is 13.4. The van der Waals surface area contributed by atoms with Crippen LogP contribution in [0.3, 0.4) is 0 Å². The van der Waals surface area contributed by atoms with E-state index in [0.717, 1.165) is 23.4 Å². The van der Waals surface area contributed by atoms with Crippen LogP contribution in [0.1, 0.15) is 23.6 Å². The Morgan fingerprint density at radius 1 is 1.21 bits per heavy atom. The van der Waals surface area contributed by atoms with Crippen LogP contribution in [0.15, 0.2) is 41.2 Å². The molecule has 3 aliphatic rings. The molecule has 1 saturated heterocycles. The number of carboxylic acid groups (broad SMARTS) is 1. The van der Waals surface area contributed by atoms with Crippen LogP contribution in [0.25, 0.3) is 0 Å². The van der Waals surface area contributed by atoms with Crippen LogP contribution in [0.2, 0.25) is 0 Å². The molecule has 5 rings (SSSR count). The Morgan fingerprint density at radius 3 is 2.79 bits per heavy atom. The van der Waals surface area contributed by atoms with Crippen molar-refractivity contribution in [1.82, 2.24) is 4.57 Å². The van der Waals surface area contributed by atoms with Crippen molar-refractivity contribution in [1.29, 1.82) is 0 Å². The molecule has 0 radical (unpaired) electrons. The van der Waals surface area contributed by atoms with Crippen molar-refractivity contribution >= 4 is 17.3 Å². The summed E-state index contributed by atoms with van der Waals surface area (Å²) < 4.78 is 1.80. The van der Waals surface area contributed by atoms with Gasteiger partial charge in [-0.1, -0.05) is 6.07 Å². The van der Waals surface area contributed by atoms with Gasteiger partial charge in [-0.15, -0.1) is 0 Å². The van der Waals surface area contributed by atoms with Gasteiger partial charge in [0.15, 0.2) is 5.69 Å². The van der Waals surface area contributed by atoms with Crippen molar-refractivity contribution in [3.63, 3.8) is 0 Å². The molecule has 3 N–H and O–H groups in total. The van der Waals surface area contributed by atoms with Crippen molar-refractivity contribution in [2.45, 2.75) is 31.3 Å². The van der Waals surface area contributed by atoms with E-state index in [1.807, 2.05) is 12.1 Å². The molecule has 2 bridgehead atoms. The van der Waals surface area contributed by atoms with E-state index in [0.29, 0.717) is 19.5 Å². The molecule has 2 aromatic rings. The molecule has 1 aromatic carbocycles. The number of hydrogen-bond donors (Lipinski definition) is 3. The minimum Gasteiger partial charge on any atom is -0.595 e. The van der Waals surface area contributed by atoms with Crippen LogP contribution >= 0.6 is 0 Å². The van der Waals surface area contributed by atoms with Crippen LogP contribution in [0.5, 0.6) is 0 Å². The van der Waals surface area contributed by atoms with Gasteiger partial charge in [-0.2, -0.15) is 5.23 Å². The topological polar surface area (TPSA) is 110 Å². The maximum atomic E-state index is 12.3. The predicted octanol–water partition coefficient (Wildman–Crippen LogP) is 0.501. The number of benzene rings is 1. The van der Waals surface area contributed by atoms with Crippen molar-refractivity contribution in [2.24, 2.45) is 11.8 Å². The summed E-state index contributed by atoms with van der Waals surface area (Å²) in [6, 6.07) is 10.1. The quantitative estimate of drug-likeness (QED) is 0.652. The monoisotopic (exact) mass is 383 g/mol. The number of aliphatic carboxylic acids is 1. The predicted molar refractivity (Wildman–Crippen MR) is 99.7 cm³/mol. The van der Waals surface area contributed by atoms with E-state index >= 15 is 0 Å². The smallest absolute Gasteiger partial charge is 0.308 e. The number of hydrogen-bond acceptors (Lipinski definition) is 5. The fraction of sp³-hybridized carbons (Fsp3) is 0.400. The average Bonchev–Trinajstić information content (AvgIpc) is 2.67. The van der Waals surface area contributed by atoms with Gasteiger partial charge in [-0.25, -0.2) is 5.21 Å². The first-order valence-electron chi connectivity index (χ1n) is 9.49. The third kappa shape index (κ3) is 2.49. The number of carbonyl (C=O) groups is 1. The van der Waals surface area contributed by atoms with E-state index in [1.54, 1.807) is 28.8 Å². The maximum Gasteiger partial charge on any atom is 0.308 e. The molecule has 28 heavy (non-hydrogen) atoms. The Hall–Kier alpha value is -2.68. The van der Waals surface area contributed by atoms with E-state index in [9.17, 15) is 25.1 Å². The third-order valence-electron chi connectivity index (χ3n) is 6.57. The molecule has 1 unspecified atom stereocenters. The van der Waals surface area contributed by atoms with Crippen LogP contribution in [-0.4, -0.2) is 33.4 Å². The second-order valence-corrected chi connectivity index (χ2v) is 8.03. The van der Waals surface area contributed by atoms with Gasteiger partial charge in [-0.3, -0.25) is 9.59 Å². The normalized spacial score (nSPS) is 28.7. The number of pyridine rings is 1. The first-order valence-corrected chi connectivity index (χ1v) is 9.49. The molecule has 0 amide bonds. The van der Waals surface area contributed by atoms with Gasteiger partial charge in [0.1, 0.15) is 0 Å². The van der Waals surface area contributed by atoms with Gasteiger partial charge >= 0.3 is 5.97 Å². The zero-order chi connectivity index (χ0) is 19.6. The number of anilines is 1. The lowest BCUT2D eigenvalue weighted by Gasteiger charge is -2.53. The molecule has 3 aliphatic heterocycles. The lowest BCUT2D eigenvalue weighted by atomic mass is 9.70. The minimum absolute atomic E-state index is 0.0326. The standard InChI is InChI=1S/C20H21N3O5/c24-18-3-1-2-16-12-6-13(10-21(16)18)19-15(20(25)26)8-11-7-14(23(27)28)4-5-17(11)22(19)9-12/h1-5,7,12-13,15,19,23,27H,6,8-10H2,(H,25,26)/t12-,13-,15+,19-/m1/s1. The van der Waals surface area contributed by atoms with E-state index < -0.39 is 17.1 Å². The van der Waals surface area contributed by atoms with E-state index in [4.69, 9.17) is 0 Å². The SMILES string of the molecule is O=C(O)[C@H]1Cc2cc([NH+]([O-])O)ccc2N2C[C@H]3C[C@H](Cn4c3cccc4=O)[C@H]12. The molecule has 0 spiro atoms. The molecular weight excluding hydrogens is 362 g/mol. The average molecular weight is 383 g/mol. The lowest BCUT2D eigenvalue weighted by molar-refractivity contribution is -0.991. The maximum absolute atomic E-state index is 12.3. The fourth-order valence-electron chi connectivity index (χ4n) is 5.47. The van der Waals surface area contributed by atoms with E-state index in [2.05, 4.69) is 4.90 Å². The lowest BCUT2D eigenvalue weighted by Crippen LogP contribution is -2.99. The third-order valence-corrected chi connectivity index (χ3v) is 6.57. The molecule has 4 heterocycles. The Labute approximate surface area is 160 Å². The highest BCUT2D eigenvalue weighted by atomic mass is 16.8. The van der Waals surface area contributed by atoms with Gasteiger partial charge in [0.05, 0.1) is 5.92 Å². The molecule has 0 aliphatic carbocycles. The molecule has 1 fully saturated rings. The summed E-state index contributed by atoms with van der Waals surface area (Å²) >= 11 is 0. The number of rotatable bonds is 2. The zero-order valence-electron chi connectivity index (χ0n) is 15.1. The zero-order valence-corrected chi connectivity index (χ0v) is 15.1. The van der Waals surface area contributed by atoms with Crippen LogP contribution in [-0.2, 0) is 17.8 Å². The van der Waals surface area contributed by atoms with Crippen LogP contribution in [0.4, 0.5) is 11.4 Å². The van der Waals surface area contributed by atoms with Crippen molar-refractivity contribution in [2.75, 3.05) is 11.4 Å². The van der Waals surface area contributed by atoms with Gasteiger partial charge in [0.25, 0.3) is 5.56 Å². The van der Waals surface area contributed by atoms with Crippen LogP contribution in [0, 0.1) is 17.0 Å². The number of aromatic nitrogens is 1. The highest BCUT2D eigenvalue weighted by Gasteiger charge is 2.49. The van der Waals surface area contributed by atoms with Gasteiger partial charge in [0, 0.05) is 54.6 Å². The second-order valence-electron chi connectivity index (χ2n) is 8.03. The summed E-state index contributed by atoms with van der Waals surface area (Å²) in [7, 11) is 0. The summed E-state index contributed by atoms with van der Waals surface area (Å²) in [6.45, 7) is 1.16. The second kappa shape index (κ2) is 6.16. The summed E-state index contributed by atoms with van der Waals surface area (Å²) in [5.41, 5.74) is 2.84. The number of nitrogens with zero attached hydrogens (tertiary/aromatic N) is 2. The minimum atomic E-state index is -1.01. The van der Waals surface area contributed by atoms with Crippen LogP contribution < -0.4 is 15.7 Å². The number of piperidine rings is 1. The largest absolute Gasteiger partial charge is 0.595 e. The Morgan fingerprint density at radius 2 is 2.04 bits per heavy atom. The number of fused-ring (bicyclic) bond motifs is 8. The summed E-state index contributed by atoms with van der Waals surface area (Å²) in [6.07, 6.45) is 1.18. The molecule has 8 nitrogen and oxygen atoms in total. The van der Waals surface area contributed by atoms with Gasteiger partial charge < -0.3 is 19.8 Å². The van der Waals surface area contributed by atoms with Crippen molar-refractivity contribution in [3.8, 4) is 0 Å². The molecule has 5 atom stereocenters. The van der Waals surface area contributed by atoms with Gasteiger partial charge in [0.2, 0.25) is 0 Å². The molecule has 0 saturated carbocycles. The Kier molecular flexibility index (Phi) is 3.84. The molecular formula is C20H21N3O5.